The molecule has 0 aromatic carbocycles. The smallest absolute Gasteiger partial charge is 0.222 e. The minimum Gasteiger partial charge on any atom is -0.393 e. The summed E-state index contributed by atoms with van der Waals surface area (Å²) < 4.78 is 0. The number of anilines is 2. The van der Waals surface area contributed by atoms with Crippen molar-refractivity contribution in [2.45, 2.75) is 51.2 Å². The number of aromatic amines is 1. The minimum absolute atomic E-state index is 0.209. The fourth-order valence-electron chi connectivity index (χ4n) is 2.92. The third-order valence-corrected chi connectivity index (χ3v) is 4.27. The van der Waals surface area contributed by atoms with Crippen LogP contribution in [0.3, 0.4) is 0 Å². The van der Waals surface area contributed by atoms with Gasteiger partial charge >= 0.3 is 0 Å². The quantitative estimate of drug-likeness (QED) is 0.748. The number of nitrogen functional groups attached to an aromatic ring is 1. The van der Waals surface area contributed by atoms with E-state index in [0.717, 1.165) is 48.6 Å². The predicted octanol–water partition coefficient (Wildman–Crippen LogP) is 1.61. The highest BCUT2D eigenvalue weighted by molar-refractivity contribution is 5.44. The molecule has 0 aliphatic heterocycles. The molecule has 1 fully saturated rings. The zero-order chi connectivity index (χ0) is 16.4. The Balaban J connectivity index is 1.71. The summed E-state index contributed by atoms with van der Waals surface area (Å²) in [4.78, 5) is 10.7. The molecule has 0 saturated heterocycles. The predicted molar refractivity (Wildman–Crippen MR) is 89.1 cm³/mol. The second-order valence-corrected chi connectivity index (χ2v) is 6.32. The molecule has 1 aliphatic rings. The lowest BCUT2D eigenvalue weighted by Crippen LogP contribution is -2.28. The van der Waals surface area contributed by atoms with Crippen LogP contribution in [-0.2, 0) is 13.0 Å². The van der Waals surface area contributed by atoms with Crippen LogP contribution in [0.4, 0.5) is 11.8 Å². The number of nitrogens with zero attached hydrogens (tertiary/aromatic N) is 4. The number of aromatic nitrogens is 4. The SMILES string of the molecule is CCCc1cc(CN(C)c2cc(C3CC(O)C3)nc(N)n2)[nH]n1. The molecule has 2 aromatic heterocycles. The molecule has 1 saturated carbocycles. The van der Waals surface area contributed by atoms with Gasteiger partial charge in [-0.3, -0.25) is 5.10 Å². The van der Waals surface area contributed by atoms with Crippen LogP contribution < -0.4 is 10.6 Å². The Bertz CT molecular complexity index is 664. The molecular weight excluding hydrogens is 292 g/mol. The lowest BCUT2D eigenvalue weighted by molar-refractivity contribution is 0.0732. The van der Waals surface area contributed by atoms with E-state index in [4.69, 9.17) is 5.73 Å². The normalized spacial score (nSPS) is 20.3. The van der Waals surface area contributed by atoms with Gasteiger partial charge in [0.05, 0.1) is 29.7 Å². The zero-order valence-electron chi connectivity index (χ0n) is 13.7. The van der Waals surface area contributed by atoms with E-state index in [1.807, 2.05) is 18.0 Å². The molecule has 3 rings (SSSR count). The van der Waals surface area contributed by atoms with Crippen LogP contribution in [0, 0.1) is 0 Å². The number of rotatable bonds is 6. The molecule has 0 atom stereocenters. The van der Waals surface area contributed by atoms with Crippen LogP contribution in [0.5, 0.6) is 0 Å². The summed E-state index contributed by atoms with van der Waals surface area (Å²) in [6.45, 7) is 2.82. The molecule has 0 unspecified atom stereocenters. The molecule has 2 aromatic rings. The van der Waals surface area contributed by atoms with Crippen molar-refractivity contribution in [2.75, 3.05) is 17.7 Å². The molecule has 7 heteroatoms. The van der Waals surface area contributed by atoms with E-state index >= 15 is 0 Å². The number of aliphatic hydroxyl groups excluding tert-OH is 1. The van der Waals surface area contributed by atoms with Crippen molar-refractivity contribution in [3.63, 3.8) is 0 Å². The maximum Gasteiger partial charge on any atom is 0.222 e. The maximum atomic E-state index is 9.47. The fourth-order valence-corrected chi connectivity index (χ4v) is 2.92. The Labute approximate surface area is 135 Å². The van der Waals surface area contributed by atoms with E-state index in [-0.39, 0.29) is 18.0 Å². The number of nitrogens with one attached hydrogen (secondary N) is 1. The Hall–Kier alpha value is -2.15. The summed E-state index contributed by atoms with van der Waals surface area (Å²) in [5, 5.41) is 16.9. The molecule has 23 heavy (non-hydrogen) atoms. The second kappa shape index (κ2) is 6.54. The molecule has 0 spiro atoms. The van der Waals surface area contributed by atoms with Gasteiger partial charge in [-0.15, -0.1) is 0 Å². The first-order valence-electron chi connectivity index (χ1n) is 8.12. The van der Waals surface area contributed by atoms with Crippen LogP contribution in [0.25, 0.3) is 0 Å². The Kier molecular flexibility index (Phi) is 4.47. The van der Waals surface area contributed by atoms with Gasteiger partial charge in [-0.05, 0) is 25.3 Å². The summed E-state index contributed by atoms with van der Waals surface area (Å²) >= 11 is 0. The Morgan fingerprint density at radius 3 is 2.83 bits per heavy atom. The lowest BCUT2D eigenvalue weighted by atomic mass is 9.80. The highest BCUT2D eigenvalue weighted by Crippen LogP contribution is 2.36. The first-order chi connectivity index (χ1) is 11.0. The average molecular weight is 316 g/mol. The van der Waals surface area contributed by atoms with E-state index in [1.54, 1.807) is 0 Å². The van der Waals surface area contributed by atoms with Crippen molar-refractivity contribution in [3.05, 3.63) is 29.2 Å². The van der Waals surface area contributed by atoms with Crippen LogP contribution in [-0.4, -0.2) is 38.4 Å². The fraction of sp³-hybridized carbons (Fsp3) is 0.562. The van der Waals surface area contributed by atoms with Gasteiger partial charge in [-0.1, -0.05) is 13.3 Å². The highest BCUT2D eigenvalue weighted by atomic mass is 16.3. The highest BCUT2D eigenvalue weighted by Gasteiger charge is 2.30. The van der Waals surface area contributed by atoms with Gasteiger partial charge in [0.25, 0.3) is 0 Å². The second-order valence-electron chi connectivity index (χ2n) is 6.32. The van der Waals surface area contributed by atoms with Gasteiger partial charge in [-0.25, -0.2) is 4.98 Å². The topological polar surface area (TPSA) is 104 Å². The van der Waals surface area contributed by atoms with E-state index < -0.39 is 0 Å². The molecule has 124 valence electrons. The zero-order valence-corrected chi connectivity index (χ0v) is 13.7. The van der Waals surface area contributed by atoms with E-state index in [1.165, 1.54) is 0 Å². The van der Waals surface area contributed by atoms with Crippen LogP contribution in [0.15, 0.2) is 12.1 Å². The van der Waals surface area contributed by atoms with Gasteiger partial charge < -0.3 is 15.7 Å². The van der Waals surface area contributed by atoms with Gasteiger partial charge in [0.15, 0.2) is 0 Å². The van der Waals surface area contributed by atoms with Crippen molar-refractivity contribution in [2.24, 2.45) is 0 Å². The molecule has 0 radical (unpaired) electrons. The molecular formula is C16H24N6O. The Morgan fingerprint density at radius 1 is 1.35 bits per heavy atom. The molecule has 2 heterocycles. The van der Waals surface area contributed by atoms with Crippen molar-refractivity contribution in [1.82, 2.24) is 20.2 Å². The van der Waals surface area contributed by atoms with Gasteiger partial charge in [0, 0.05) is 19.0 Å². The summed E-state index contributed by atoms with van der Waals surface area (Å²) in [5.74, 6) is 1.35. The standard InChI is InChI=1S/C16H24N6O/c1-3-4-11-7-12(21-20-11)9-22(2)15-8-14(18-16(17)19-15)10-5-13(23)6-10/h7-8,10,13,23H,3-6,9H2,1-2H3,(H,20,21)(H2,17,18,19). The number of nitrogens with two attached hydrogens (primary N) is 1. The summed E-state index contributed by atoms with van der Waals surface area (Å²) in [5.41, 5.74) is 8.91. The largest absolute Gasteiger partial charge is 0.393 e. The molecule has 7 nitrogen and oxygen atoms in total. The first kappa shape index (κ1) is 15.7. The molecule has 0 amide bonds. The maximum absolute atomic E-state index is 9.47. The van der Waals surface area contributed by atoms with E-state index in [2.05, 4.69) is 33.2 Å². The van der Waals surface area contributed by atoms with Crippen LogP contribution in [0.1, 0.15) is 49.2 Å². The van der Waals surface area contributed by atoms with E-state index in [9.17, 15) is 5.11 Å². The third kappa shape index (κ3) is 3.61. The van der Waals surface area contributed by atoms with Crippen LogP contribution in [0.2, 0.25) is 0 Å². The first-order valence-corrected chi connectivity index (χ1v) is 8.12. The number of aryl methyl sites for hydroxylation is 1. The number of aliphatic hydroxyl groups is 1. The molecule has 0 bridgehead atoms. The molecule has 1 aliphatic carbocycles. The van der Waals surface area contributed by atoms with Crippen molar-refractivity contribution >= 4 is 11.8 Å². The lowest BCUT2D eigenvalue weighted by Gasteiger charge is -2.31. The number of hydrogen-bond donors (Lipinski definition) is 3. The van der Waals surface area contributed by atoms with Gasteiger partial charge in [0.2, 0.25) is 5.95 Å². The van der Waals surface area contributed by atoms with Crippen molar-refractivity contribution < 1.29 is 5.11 Å². The van der Waals surface area contributed by atoms with Crippen molar-refractivity contribution in [1.29, 1.82) is 0 Å². The van der Waals surface area contributed by atoms with Gasteiger partial charge in [0.1, 0.15) is 5.82 Å². The monoisotopic (exact) mass is 316 g/mol. The number of H-pyrrole nitrogens is 1. The summed E-state index contributed by atoms with van der Waals surface area (Å²) in [7, 11) is 1.97. The minimum atomic E-state index is -0.209. The van der Waals surface area contributed by atoms with Gasteiger partial charge in [-0.2, -0.15) is 10.1 Å². The average Bonchev–Trinajstić information content (AvgIpc) is 2.91. The number of hydrogen-bond acceptors (Lipinski definition) is 6. The van der Waals surface area contributed by atoms with Crippen LogP contribution >= 0.6 is 0 Å². The summed E-state index contributed by atoms with van der Waals surface area (Å²) in [6.07, 6.45) is 3.36. The summed E-state index contributed by atoms with van der Waals surface area (Å²) in [6, 6.07) is 4.06. The Morgan fingerprint density at radius 2 is 2.13 bits per heavy atom. The molecule has 4 N–H and O–H groups in total. The van der Waals surface area contributed by atoms with E-state index in [0.29, 0.717) is 6.54 Å². The third-order valence-electron chi connectivity index (χ3n) is 4.27. The van der Waals surface area contributed by atoms with Crippen molar-refractivity contribution in [3.8, 4) is 0 Å².